The highest BCUT2D eigenvalue weighted by atomic mass is 79.9. The third kappa shape index (κ3) is 2.93. The van der Waals surface area contributed by atoms with Crippen molar-refractivity contribution in [3.8, 4) is 0 Å². The first-order valence-electron chi connectivity index (χ1n) is 5.13. The van der Waals surface area contributed by atoms with Crippen LogP contribution in [0.15, 0.2) is 25.6 Å². The van der Waals surface area contributed by atoms with E-state index < -0.39 is 0 Å². The Bertz CT molecular complexity index is 613. The van der Waals surface area contributed by atoms with Crippen molar-refractivity contribution in [3.63, 3.8) is 0 Å². The van der Waals surface area contributed by atoms with Crippen molar-refractivity contribution in [1.82, 2.24) is 24.7 Å². The maximum atomic E-state index is 11.5. The molecule has 2 aromatic rings. The van der Waals surface area contributed by atoms with Crippen molar-refractivity contribution in [2.75, 3.05) is 0 Å². The van der Waals surface area contributed by atoms with Gasteiger partial charge in [-0.3, -0.25) is 4.57 Å². The Morgan fingerprint density at radius 3 is 3.11 bits per heavy atom. The van der Waals surface area contributed by atoms with Crippen molar-refractivity contribution in [2.45, 2.75) is 30.1 Å². The van der Waals surface area contributed by atoms with Gasteiger partial charge in [0.05, 0.1) is 4.47 Å². The van der Waals surface area contributed by atoms with Gasteiger partial charge in [0, 0.05) is 12.7 Å². The number of aromatic nitrogens is 5. The van der Waals surface area contributed by atoms with E-state index in [0.717, 1.165) is 6.42 Å². The van der Waals surface area contributed by atoms with Crippen molar-refractivity contribution in [3.05, 3.63) is 26.4 Å². The van der Waals surface area contributed by atoms with E-state index in [1.807, 2.05) is 6.92 Å². The molecule has 9 heteroatoms. The van der Waals surface area contributed by atoms with Crippen LogP contribution in [0.1, 0.15) is 13.3 Å². The lowest BCUT2D eigenvalue weighted by Crippen LogP contribution is -2.17. The lowest BCUT2D eigenvalue weighted by Gasteiger charge is -2.04. The number of nitrogens with one attached hydrogen (secondary N) is 1. The molecule has 0 aromatic carbocycles. The van der Waals surface area contributed by atoms with Gasteiger partial charge in [-0.25, -0.2) is 19.9 Å². The molecule has 0 aliphatic rings. The van der Waals surface area contributed by atoms with Crippen LogP contribution in [0, 0.1) is 0 Å². The third-order valence-corrected chi connectivity index (χ3v) is 4.06. The summed E-state index contributed by atoms with van der Waals surface area (Å²) >= 11 is 10.3. The Labute approximate surface area is 120 Å². The van der Waals surface area contributed by atoms with E-state index in [-0.39, 0.29) is 11.0 Å². The smallest absolute Gasteiger partial charge is 0.270 e. The number of rotatable bonds is 4. The van der Waals surface area contributed by atoms with Crippen molar-refractivity contribution in [2.24, 2.45) is 0 Å². The fourth-order valence-corrected chi connectivity index (χ4v) is 2.74. The quantitative estimate of drug-likeness (QED) is 0.676. The molecular formula is C9H9BrClN5OS. The maximum absolute atomic E-state index is 11.5. The van der Waals surface area contributed by atoms with Crippen LogP contribution in [0.5, 0.6) is 0 Å². The molecule has 0 fully saturated rings. The van der Waals surface area contributed by atoms with E-state index in [4.69, 9.17) is 11.6 Å². The van der Waals surface area contributed by atoms with Gasteiger partial charge in [-0.15, -0.1) is 5.10 Å². The molecule has 0 atom stereocenters. The average molecular weight is 351 g/mol. The highest BCUT2D eigenvalue weighted by Gasteiger charge is 2.13. The molecule has 0 radical (unpaired) electrons. The van der Waals surface area contributed by atoms with Crippen LogP contribution in [0.3, 0.4) is 0 Å². The molecule has 1 N–H and O–H groups in total. The van der Waals surface area contributed by atoms with Crippen LogP contribution < -0.4 is 5.69 Å². The summed E-state index contributed by atoms with van der Waals surface area (Å²) in [7, 11) is 0. The molecule has 6 nitrogen and oxygen atoms in total. The first kappa shape index (κ1) is 13.6. The Kier molecular flexibility index (Phi) is 4.41. The standard InChI is InChI=1S/C9H9BrClN5OS/c1-2-3-16-8(17)14-15-9(16)18-6-5(10)4-12-7(11)13-6/h4H,2-3H2,1H3,(H,14,17). The number of hydrogen-bond donors (Lipinski definition) is 1. The summed E-state index contributed by atoms with van der Waals surface area (Å²) in [4.78, 5) is 19.5. The van der Waals surface area contributed by atoms with E-state index >= 15 is 0 Å². The van der Waals surface area contributed by atoms with Gasteiger partial charge in [-0.05, 0) is 45.7 Å². The van der Waals surface area contributed by atoms with Gasteiger partial charge in [0.15, 0.2) is 5.16 Å². The minimum Gasteiger partial charge on any atom is -0.270 e. The molecule has 0 amide bonds. The van der Waals surface area contributed by atoms with Gasteiger partial charge in [-0.2, -0.15) is 0 Å². The van der Waals surface area contributed by atoms with Crippen LogP contribution in [0.2, 0.25) is 5.28 Å². The average Bonchev–Trinajstić information content (AvgIpc) is 2.67. The van der Waals surface area contributed by atoms with E-state index in [1.54, 1.807) is 10.8 Å². The summed E-state index contributed by atoms with van der Waals surface area (Å²) in [5.41, 5.74) is -0.226. The largest absolute Gasteiger partial charge is 0.343 e. The van der Waals surface area contributed by atoms with Gasteiger partial charge < -0.3 is 0 Å². The lowest BCUT2D eigenvalue weighted by atomic mass is 10.5. The number of aromatic amines is 1. The first-order valence-corrected chi connectivity index (χ1v) is 7.11. The maximum Gasteiger partial charge on any atom is 0.343 e. The summed E-state index contributed by atoms with van der Waals surface area (Å²) in [6, 6.07) is 0. The Morgan fingerprint density at radius 1 is 1.61 bits per heavy atom. The van der Waals surface area contributed by atoms with E-state index in [1.165, 1.54) is 11.8 Å². The normalized spacial score (nSPS) is 10.8. The Morgan fingerprint density at radius 2 is 2.39 bits per heavy atom. The zero-order valence-electron chi connectivity index (χ0n) is 9.35. The van der Waals surface area contributed by atoms with E-state index in [2.05, 4.69) is 36.1 Å². The SMILES string of the molecule is CCCn1c(Sc2nc(Cl)ncc2Br)n[nH]c1=O. The van der Waals surface area contributed by atoms with Gasteiger partial charge in [0.25, 0.3) is 0 Å². The molecule has 96 valence electrons. The molecule has 2 aromatic heterocycles. The fraction of sp³-hybridized carbons (Fsp3) is 0.333. The molecule has 2 heterocycles. The third-order valence-electron chi connectivity index (χ3n) is 2.04. The molecule has 0 aliphatic carbocycles. The highest BCUT2D eigenvalue weighted by Crippen LogP contribution is 2.30. The monoisotopic (exact) mass is 349 g/mol. The fourth-order valence-electron chi connectivity index (χ4n) is 1.29. The number of halogens is 2. The lowest BCUT2D eigenvalue weighted by molar-refractivity contribution is 0.603. The zero-order chi connectivity index (χ0) is 13.1. The summed E-state index contributed by atoms with van der Waals surface area (Å²) in [5, 5.41) is 7.71. The van der Waals surface area contributed by atoms with Crippen molar-refractivity contribution in [1.29, 1.82) is 0 Å². The van der Waals surface area contributed by atoms with Gasteiger partial charge >= 0.3 is 5.69 Å². The summed E-state index contributed by atoms with van der Waals surface area (Å²) < 4.78 is 2.27. The zero-order valence-corrected chi connectivity index (χ0v) is 12.5. The van der Waals surface area contributed by atoms with E-state index in [0.29, 0.717) is 21.2 Å². The van der Waals surface area contributed by atoms with Gasteiger partial charge in [0.1, 0.15) is 5.03 Å². The Hall–Kier alpha value is -0.860. The molecule has 0 saturated heterocycles. The highest BCUT2D eigenvalue weighted by molar-refractivity contribution is 9.10. The molecule has 2 rings (SSSR count). The van der Waals surface area contributed by atoms with Crippen LogP contribution in [-0.4, -0.2) is 24.7 Å². The number of H-pyrrole nitrogens is 1. The molecule has 0 aliphatic heterocycles. The second-order valence-electron chi connectivity index (χ2n) is 3.36. The van der Waals surface area contributed by atoms with Crippen LogP contribution in [0.4, 0.5) is 0 Å². The van der Waals surface area contributed by atoms with Gasteiger partial charge in [0.2, 0.25) is 5.28 Å². The molecule has 0 unspecified atom stereocenters. The molecule has 18 heavy (non-hydrogen) atoms. The van der Waals surface area contributed by atoms with Crippen molar-refractivity contribution < 1.29 is 0 Å². The number of hydrogen-bond acceptors (Lipinski definition) is 5. The summed E-state index contributed by atoms with van der Waals surface area (Å²) in [6.07, 6.45) is 2.41. The van der Waals surface area contributed by atoms with Gasteiger partial charge in [-0.1, -0.05) is 6.92 Å². The number of nitrogens with zero attached hydrogens (tertiary/aromatic N) is 4. The topological polar surface area (TPSA) is 76.5 Å². The minimum absolute atomic E-state index is 0.153. The summed E-state index contributed by atoms with van der Waals surface area (Å²) in [6.45, 7) is 2.60. The molecule has 0 bridgehead atoms. The molecular weight excluding hydrogens is 342 g/mol. The minimum atomic E-state index is -0.226. The van der Waals surface area contributed by atoms with Crippen molar-refractivity contribution >= 4 is 39.3 Å². The Balaban J connectivity index is 2.34. The molecule has 0 saturated carbocycles. The predicted octanol–water partition coefficient (Wildman–Crippen LogP) is 2.34. The first-order chi connectivity index (χ1) is 8.61. The van der Waals surface area contributed by atoms with Crippen LogP contribution in [0.25, 0.3) is 0 Å². The van der Waals surface area contributed by atoms with E-state index in [9.17, 15) is 4.79 Å². The summed E-state index contributed by atoms with van der Waals surface area (Å²) in [5.74, 6) is 0. The molecule has 0 spiro atoms. The predicted molar refractivity (Wildman–Crippen MR) is 72.0 cm³/mol. The van der Waals surface area contributed by atoms with Crippen LogP contribution in [-0.2, 0) is 6.54 Å². The second-order valence-corrected chi connectivity index (χ2v) is 5.51. The van der Waals surface area contributed by atoms with Crippen LogP contribution >= 0.6 is 39.3 Å². The second kappa shape index (κ2) is 5.85.